The molecule has 0 amide bonds. The minimum atomic E-state index is -0.101. The Bertz CT molecular complexity index is 191. The maximum atomic E-state index is 10.8. The van der Waals surface area contributed by atoms with Crippen molar-refractivity contribution in [2.24, 2.45) is 0 Å². The van der Waals surface area contributed by atoms with Crippen molar-refractivity contribution in [3.05, 3.63) is 11.1 Å². The molecule has 0 spiro atoms. The highest BCUT2D eigenvalue weighted by Crippen LogP contribution is 2.20. The fourth-order valence-corrected chi connectivity index (χ4v) is 1.03. The fourth-order valence-electron chi connectivity index (χ4n) is 1.03. The van der Waals surface area contributed by atoms with Gasteiger partial charge in [0.05, 0.1) is 6.42 Å². The van der Waals surface area contributed by atoms with E-state index in [4.69, 9.17) is 4.74 Å². The highest BCUT2D eigenvalue weighted by Gasteiger charge is 2.19. The maximum Gasteiger partial charge on any atom is 0.310 e. The minimum Gasteiger partial charge on any atom is -0.458 e. The molecule has 56 valence electrons. The molecular weight excluding hydrogens is 128 g/mol. The van der Waals surface area contributed by atoms with Crippen molar-refractivity contribution in [2.45, 2.75) is 33.3 Å². The van der Waals surface area contributed by atoms with E-state index in [1.54, 1.807) is 0 Å². The molecule has 2 heteroatoms. The Morgan fingerprint density at radius 2 is 2.10 bits per heavy atom. The monoisotopic (exact) mass is 140 g/mol. The Morgan fingerprint density at radius 1 is 1.50 bits per heavy atom. The summed E-state index contributed by atoms with van der Waals surface area (Å²) in [7, 11) is 0. The van der Waals surface area contributed by atoms with Gasteiger partial charge in [-0.25, -0.2) is 0 Å². The van der Waals surface area contributed by atoms with Crippen LogP contribution >= 0.6 is 0 Å². The molecule has 0 aromatic carbocycles. The normalized spacial score (nSPS) is 26.7. The molecule has 0 N–H and O–H groups in total. The summed E-state index contributed by atoms with van der Waals surface area (Å²) in [5.41, 5.74) is 2.35. The number of esters is 1. The van der Waals surface area contributed by atoms with Crippen LogP contribution in [-0.4, -0.2) is 12.1 Å². The Kier molecular flexibility index (Phi) is 1.79. The van der Waals surface area contributed by atoms with Crippen LogP contribution in [0.3, 0.4) is 0 Å². The third-order valence-electron chi connectivity index (χ3n) is 2.00. The van der Waals surface area contributed by atoms with Crippen LogP contribution in [0, 0.1) is 0 Å². The van der Waals surface area contributed by atoms with Crippen molar-refractivity contribution in [3.8, 4) is 0 Å². The summed E-state index contributed by atoms with van der Waals surface area (Å²) in [6.07, 6.45) is 0.456. The molecule has 0 fully saturated rings. The van der Waals surface area contributed by atoms with E-state index in [9.17, 15) is 4.79 Å². The molecule has 0 aromatic rings. The summed E-state index contributed by atoms with van der Waals surface area (Å²) in [5.74, 6) is -0.101. The summed E-state index contributed by atoms with van der Waals surface area (Å²) < 4.78 is 4.97. The van der Waals surface area contributed by atoms with E-state index in [0.717, 1.165) is 5.57 Å². The Balaban J connectivity index is 2.84. The summed E-state index contributed by atoms with van der Waals surface area (Å²) in [6, 6.07) is 0. The minimum absolute atomic E-state index is 0.0127. The van der Waals surface area contributed by atoms with E-state index in [0.29, 0.717) is 6.42 Å². The summed E-state index contributed by atoms with van der Waals surface area (Å²) >= 11 is 0. The summed E-state index contributed by atoms with van der Waals surface area (Å²) in [4.78, 5) is 10.8. The van der Waals surface area contributed by atoms with E-state index >= 15 is 0 Å². The third kappa shape index (κ3) is 1.20. The van der Waals surface area contributed by atoms with Gasteiger partial charge in [-0.05, 0) is 26.3 Å². The first-order chi connectivity index (χ1) is 4.61. The van der Waals surface area contributed by atoms with Crippen LogP contribution in [0.1, 0.15) is 27.2 Å². The zero-order valence-electron chi connectivity index (χ0n) is 6.60. The Morgan fingerprint density at radius 3 is 2.60 bits per heavy atom. The summed E-state index contributed by atoms with van der Waals surface area (Å²) in [6.45, 7) is 5.88. The third-order valence-corrected chi connectivity index (χ3v) is 2.00. The van der Waals surface area contributed by atoms with Gasteiger partial charge >= 0.3 is 5.97 Å². The van der Waals surface area contributed by atoms with E-state index in [2.05, 4.69) is 0 Å². The highest BCUT2D eigenvalue weighted by molar-refractivity contribution is 5.74. The molecule has 1 heterocycles. The average molecular weight is 140 g/mol. The van der Waals surface area contributed by atoms with Gasteiger partial charge in [-0.15, -0.1) is 0 Å². The van der Waals surface area contributed by atoms with Gasteiger partial charge in [0.25, 0.3) is 0 Å². The first-order valence-electron chi connectivity index (χ1n) is 3.47. The topological polar surface area (TPSA) is 26.3 Å². The first kappa shape index (κ1) is 7.32. The van der Waals surface area contributed by atoms with Gasteiger partial charge in [-0.3, -0.25) is 4.79 Å². The first-order valence-corrected chi connectivity index (χ1v) is 3.47. The molecule has 1 aliphatic heterocycles. The van der Waals surface area contributed by atoms with Crippen LogP contribution in [0.5, 0.6) is 0 Å². The summed E-state index contributed by atoms with van der Waals surface area (Å²) in [5, 5.41) is 0. The van der Waals surface area contributed by atoms with Gasteiger partial charge in [0.15, 0.2) is 0 Å². The van der Waals surface area contributed by atoms with Crippen molar-refractivity contribution in [2.75, 3.05) is 0 Å². The number of carbonyl (C=O) groups is 1. The lowest BCUT2D eigenvalue weighted by molar-refractivity contribution is -0.147. The van der Waals surface area contributed by atoms with Gasteiger partial charge in [-0.2, -0.15) is 0 Å². The average Bonchev–Trinajstić information content (AvgIpc) is 1.82. The molecule has 10 heavy (non-hydrogen) atoms. The van der Waals surface area contributed by atoms with Crippen molar-refractivity contribution in [1.82, 2.24) is 0 Å². The quantitative estimate of drug-likeness (QED) is 0.378. The van der Waals surface area contributed by atoms with Crippen LogP contribution in [-0.2, 0) is 9.53 Å². The van der Waals surface area contributed by atoms with Crippen LogP contribution in [0.25, 0.3) is 0 Å². The number of carbonyl (C=O) groups excluding carboxylic acids is 1. The predicted octanol–water partition coefficient (Wildman–Crippen LogP) is 1.66. The lowest BCUT2D eigenvalue weighted by Gasteiger charge is -2.21. The van der Waals surface area contributed by atoms with Crippen molar-refractivity contribution in [3.63, 3.8) is 0 Å². The standard InChI is InChI=1S/C8H12O2/c1-5-4-8(9)10-7(3)6(5)2/h7H,4H2,1-3H3. The van der Waals surface area contributed by atoms with Crippen LogP contribution in [0.15, 0.2) is 11.1 Å². The van der Waals surface area contributed by atoms with Crippen LogP contribution < -0.4 is 0 Å². The zero-order valence-corrected chi connectivity index (χ0v) is 6.60. The zero-order chi connectivity index (χ0) is 7.72. The number of rotatable bonds is 0. The lowest BCUT2D eigenvalue weighted by atomic mass is 10.0. The molecule has 0 bridgehead atoms. The molecule has 0 aliphatic carbocycles. The highest BCUT2D eigenvalue weighted by atomic mass is 16.5. The van der Waals surface area contributed by atoms with Crippen LogP contribution in [0.2, 0.25) is 0 Å². The maximum absolute atomic E-state index is 10.8. The van der Waals surface area contributed by atoms with E-state index in [1.165, 1.54) is 5.57 Å². The smallest absolute Gasteiger partial charge is 0.310 e. The van der Waals surface area contributed by atoms with Gasteiger partial charge < -0.3 is 4.74 Å². The number of ether oxygens (including phenoxy) is 1. The number of hydrogen-bond donors (Lipinski definition) is 0. The van der Waals surface area contributed by atoms with Crippen LogP contribution in [0.4, 0.5) is 0 Å². The second-order valence-corrected chi connectivity index (χ2v) is 2.77. The molecule has 1 atom stereocenters. The van der Waals surface area contributed by atoms with Gasteiger partial charge in [0, 0.05) is 0 Å². The number of hydrogen-bond acceptors (Lipinski definition) is 2. The SMILES string of the molecule is CC1=C(C)C(C)OC(=O)C1. The molecule has 0 saturated heterocycles. The van der Waals surface area contributed by atoms with E-state index in [-0.39, 0.29) is 12.1 Å². The second-order valence-electron chi connectivity index (χ2n) is 2.77. The Hall–Kier alpha value is -0.790. The number of cyclic esters (lactones) is 1. The van der Waals surface area contributed by atoms with Crippen molar-refractivity contribution < 1.29 is 9.53 Å². The van der Waals surface area contributed by atoms with Gasteiger partial charge in [0.1, 0.15) is 6.10 Å². The van der Waals surface area contributed by atoms with E-state index < -0.39 is 0 Å². The van der Waals surface area contributed by atoms with E-state index in [1.807, 2.05) is 20.8 Å². The van der Waals surface area contributed by atoms with Crippen molar-refractivity contribution in [1.29, 1.82) is 0 Å². The fraction of sp³-hybridized carbons (Fsp3) is 0.625. The molecule has 1 aliphatic rings. The van der Waals surface area contributed by atoms with Gasteiger partial charge in [-0.1, -0.05) is 5.57 Å². The molecule has 2 nitrogen and oxygen atoms in total. The lowest BCUT2D eigenvalue weighted by Crippen LogP contribution is -2.22. The molecule has 1 unspecified atom stereocenters. The molecule has 0 radical (unpaired) electrons. The second kappa shape index (κ2) is 2.45. The Labute approximate surface area is 60.9 Å². The van der Waals surface area contributed by atoms with Crippen molar-refractivity contribution >= 4 is 5.97 Å². The largest absolute Gasteiger partial charge is 0.458 e. The molecular formula is C8H12O2. The molecule has 1 rings (SSSR count). The molecule has 0 aromatic heterocycles. The molecule has 0 saturated carbocycles. The van der Waals surface area contributed by atoms with Gasteiger partial charge in [0.2, 0.25) is 0 Å². The predicted molar refractivity (Wildman–Crippen MR) is 38.5 cm³/mol.